The van der Waals surface area contributed by atoms with E-state index in [1.165, 1.54) is 0 Å². The van der Waals surface area contributed by atoms with Gasteiger partial charge in [0.1, 0.15) is 0 Å². The summed E-state index contributed by atoms with van der Waals surface area (Å²) in [5, 5.41) is 31.4. The molecule has 0 unspecified atom stereocenters. The molecule has 0 spiro atoms. The first-order valence-corrected chi connectivity index (χ1v) is 1.72. The van der Waals surface area contributed by atoms with Gasteiger partial charge in [-0.15, -0.1) is 0 Å². The Bertz CT molecular complexity index is 136. The summed E-state index contributed by atoms with van der Waals surface area (Å²) in [7, 11) is 0. The van der Waals surface area contributed by atoms with Crippen molar-refractivity contribution in [1.82, 2.24) is 0 Å². The van der Waals surface area contributed by atoms with Gasteiger partial charge in [-0.1, -0.05) is 0 Å². The fourth-order valence-corrected chi connectivity index (χ4v) is 0. The SMILES string of the molecule is O=C(O)C(=O)O.O=C([O-])[O-].[Ru+2]. The van der Waals surface area contributed by atoms with E-state index >= 15 is 0 Å². The molecule has 2 N–H and O–H groups in total. The van der Waals surface area contributed by atoms with Crippen LogP contribution in [-0.2, 0) is 29.1 Å². The number of hydrogen-bond acceptors (Lipinski definition) is 5. The molecule has 0 radical (unpaired) electrons. The van der Waals surface area contributed by atoms with E-state index in [4.69, 9.17) is 34.8 Å². The second kappa shape index (κ2) is 8.83. The molecule has 0 bridgehead atoms. The zero-order chi connectivity index (χ0) is 8.73. The minimum atomic E-state index is -2.33. The smallest absolute Gasteiger partial charge is 0.652 e. The molecule has 0 aliphatic heterocycles. The molecule has 0 aliphatic carbocycles. The van der Waals surface area contributed by atoms with Crippen molar-refractivity contribution in [2.75, 3.05) is 0 Å². The molecule has 0 fully saturated rings. The van der Waals surface area contributed by atoms with Gasteiger partial charge in [-0.05, 0) is 6.16 Å². The van der Waals surface area contributed by atoms with Crippen LogP contribution in [-0.4, -0.2) is 28.3 Å². The Kier molecular flexibility index (Phi) is 13.2. The first kappa shape index (κ1) is 16.4. The van der Waals surface area contributed by atoms with Crippen LogP contribution in [0.2, 0.25) is 0 Å². The van der Waals surface area contributed by atoms with Crippen molar-refractivity contribution in [3.8, 4) is 0 Å². The van der Waals surface area contributed by atoms with Crippen LogP contribution in [0.15, 0.2) is 0 Å². The number of carbonyl (C=O) groups is 3. The number of carbonyl (C=O) groups excluding carboxylic acids is 1. The van der Waals surface area contributed by atoms with Crippen LogP contribution in [0.4, 0.5) is 4.79 Å². The molecule has 64 valence electrons. The van der Waals surface area contributed by atoms with Crippen molar-refractivity contribution in [3.05, 3.63) is 0 Å². The molecule has 0 aliphatic rings. The van der Waals surface area contributed by atoms with Gasteiger partial charge in [0.15, 0.2) is 0 Å². The number of carboxylic acid groups (broad SMARTS) is 4. The van der Waals surface area contributed by atoms with Crippen LogP contribution in [0.5, 0.6) is 0 Å². The average Bonchev–Trinajstić information content (AvgIpc) is 1.63. The predicted molar refractivity (Wildman–Crippen MR) is 20.7 cm³/mol. The third-order valence-corrected chi connectivity index (χ3v) is 0.183. The minimum Gasteiger partial charge on any atom is -0.652 e. The summed E-state index contributed by atoms with van der Waals surface area (Å²) in [4.78, 5) is 26.5. The second-order valence-corrected chi connectivity index (χ2v) is 0.860. The Morgan fingerprint density at radius 3 is 1.00 bits per heavy atom. The molecule has 0 amide bonds. The monoisotopic (exact) mass is 252 g/mol. The van der Waals surface area contributed by atoms with Crippen molar-refractivity contribution < 1.29 is 54.3 Å². The van der Waals surface area contributed by atoms with E-state index in [1.807, 2.05) is 0 Å². The van der Waals surface area contributed by atoms with Crippen molar-refractivity contribution in [3.63, 3.8) is 0 Å². The van der Waals surface area contributed by atoms with E-state index in [2.05, 4.69) is 0 Å². The summed E-state index contributed by atoms with van der Waals surface area (Å²) in [5.41, 5.74) is 0. The molecule has 0 aromatic carbocycles. The normalized spacial score (nSPS) is 6.18. The van der Waals surface area contributed by atoms with E-state index in [9.17, 15) is 0 Å². The third-order valence-electron chi connectivity index (χ3n) is 0.183. The average molecular weight is 251 g/mol. The van der Waals surface area contributed by atoms with Crippen LogP contribution >= 0.6 is 0 Å². The molecule has 0 saturated carbocycles. The van der Waals surface area contributed by atoms with E-state index in [-0.39, 0.29) is 19.5 Å². The van der Waals surface area contributed by atoms with E-state index in [1.54, 1.807) is 0 Å². The van der Waals surface area contributed by atoms with Gasteiger partial charge in [0.25, 0.3) is 0 Å². The van der Waals surface area contributed by atoms with Gasteiger partial charge in [0.05, 0.1) is 0 Å². The molecule has 0 atom stereocenters. The van der Waals surface area contributed by atoms with E-state index in [0.29, 0.717) is 0 Å². The zero-order valence-electron chi connectivity index (χ0n) is 4.79. The fourth-order valence-electron chi connectivity index (χ4n) is 0. The second-order valence-electron chi connectivity index (χ2n) is 0.860. The Hall–Kier alpha value is -1.17. The summed E-state index contributed by atoms with van der Waals surface area (Å²) in [6.45, 7) is 0. The maximum absolute atomic E-state index is 9.10. The van der Waals surface area contributed by atoms with Gasteiger partial charge in [-0.2, -0.15) is 0 Å². The van der Waals surface area contributed by atoms with Gasteiger partial charge in [0.2, 0.25) is 0 Å². The van der Waals surface area contributed by atoms with Crippen LogP contribution in [0.3, 0.4) is 0 Å². The Morgan fingerprint density at radius 1 is 0.909 bits per heavy atom. The van der Waals surface area contributed by atoms with Crippen molar-refractivity contribution in [2.45, 2.75) is 0 Å². The van der Waals surface area contributed by atoms with Crippen molar-refractivity contribution in [2.24, 2.45) is 0 Å². The minimum absolute atomic E-state index is 0. The van der Waals surface area contributed by atoms with Crippen LogP contribution < -0.4 is 10.2 Å². The standard InChI is InChI=1S/C2H2O4.CH2O3.Ru/c3-1(4)2(5)6;2-1(3)4;/h(H,3,4)(H,5,6);(H2,2,3,4);/q;;+2/p-2. The van der Waals surface area contributed by atoms with Crippen LogP contribution in [0, 0.1) is 0 Å². The molecule has 0 aromatic heterocycles. The van der Waals surface area contributed by atoms with Gasteiger partial charge < -0.3 is 25.2 Å². The van der Waals surface area contributed by atoms with Gasteiger partial charge in [-0.3, -0.25) is 0 Å². The summed E-state index contributed by atoms with van der Waals surface area (Å²) < 4.78 is 0. The van der Waals surface area contributed by atoms with E-state index < -0.39 is 18.1 Å². The summed E-state index contributed by atoms with van der Waals surface area (Å²) in [6, 6.07) is 0. The first-order valence-electron chi connectivity index (χ1n) is 1.72. The van der Waals surface area contributed by atoms with Crippen LogP contribution in [0.25, 0.3) is 0 Å². The number of hydrogen-bond donors (Lipinski definition) is 2. The van der Waals surface area contributed by atoms with Crippen molar-refractivity contribution >= 4 is 18.1 Å². The molecule has 0 rings (SSSR count). The Balaban J connectivity index is -0.000000114. The van der Waals surface area contributed by atoms with Gasteiger partial charge >= 0.3 is 31.4 Å². The summed E-state index contributed by atoms with van der Waals surface area (Å²) in [6.07, 6.45) is -2.33. The molecule has 8 heteroatoms. The quantitative estimate of drug-likeness (QED) is 0.339. The Labute approximate surface area is 73.0 Å². The largest absolute Gasteiger partial charge is 2.00 e. The fraction of sp³-hybridized carbons (Fsp3) is 0. The third kappa shape index (κ3) is 51.4. The molecular weight excluding hydrogens is 249 g/mol. The maximum atomic E-state index is 9.10. The topological polar surface area (TPSA) is 138 Å². The number of rotatable bonds is 0. The Morgan fingerprint density at radius 2 is 1.00 bits per heavy atom. The number of aliphatic carboxylic acids is 2. The van der Waals surface area contributed by atoms with Gasteiger partial charge in [-0.25, -0.2) is 9.59 Å². The predicted octanol–water partition coefficient (Wildman–Crippen LogP) is -3.29. The molecule has 7 nitrogen and oxygen atoms in total. The summed E-state index contributed by atoms with van der Waals surface area (Å²) in [5.74, 6) is -3.65. The van der Waals surface area contributed by atoms with E-state index in [0.717, 1.165) is 0 Å². The molecule has 0 saturated heterocycles. The molecule has 0 aromatic rings. The van der Waals surface area contributed by atoms with Crippen LogP contribution in [0.1, 0.15) is 0 Å². The molecule has 11 heavy (non-hydrogen) atoms. The number of carboxylic acids is 2. The maximum Gasteiger partial charge on any atom is 2.00 e. The molecule has 0 heterocycles. The summed E-state index contributed by atoms with van der Waals surface area (Å²) >= 11 is 0. The van der Waals surface area contributed by atoms with Crippen molar-refractivity contribution in [1.29, 1.82) is 0 Å². The zero-order valence-corrected chi connectivity index (χ0v) is 6.53. The molecular formula is C3H2O7Ru. The van der Waals surface area contributed by atoms with Gasteiger partial charge in [0, 0.05) is 0 Å². The first-order chi connectivity index (χ1) is 4.37.